The maximum atomic E-state index is 12.2. The third-order valence-electron chi connectivity index (χ3n) is 3.29. The van der Waals surface area contributed by atoms with Crippen molar-refractivity contribution in [3.63, 3.8) is 0 Å². The molecule has 0 radical (unpaired) electrons. The Kier molecular flexibility index (Phi) is 4.12. The number of hydrogen-bond acceptors (Lipinski definition) is 4. The van der Waals surface area contributed by atoms with E-state index in [0.717, 1.165) is 24.6 Å². The van der Waals surface area contributed by atoms with E-state index in [0.29, 0.717) is 17.6 Å². The van der Waals surface area contributed by atoms with Gasteiger partial charge in [0.2, 0.25) is 5.91 Å². The van der Waals surface area contributed by atoms with E-state index < -0.39 is 4.92 Å². The summed E-state index contributed by atoms with van der Waals surface area (Å²) in [4.78, 5) is 22.5. The van der Waals surface area contributed by atoms with Gasteiger partial charge < -0.3 is 0 Å². The van der Waals surface area contributed by atoms with Crippen LogP contribution in [0.5, 0.6) is 0 Å². The van der Waals surface area contributed by atoms with Crippen LogP contribution in [0, 0.1) is 17.0 Å². The highest BCUT2D eigenvalue weighted by atomic mass is 16.6. The molecule has 1 aromatic heterocycles. The first-order valence-corrected chi connectivity index (χ1v) is 6.71. The number of nitro groups is 1. The third kappa shape index (κ3) is 2.68. The molecule has 2 rings (SSSR count). The molecule has 6 heteroatoms. The summed E-state index contributed by atoms with van der Waals surface area (Å²) in [7, 11) is 0. The van der Waals surface area contributed by atoms with Crippen LogP contribution in [0.15, 0.2) is 18.2 Å². The van der Waals surface area contributed by atoms with E-state index in [1.807, 2.05) is 0 Å². The molecule has 0 unspecified atom stereocenters. The van der Waals surface area contributed by atoms with E-state index in [2.05, 4.69) is 12.0 Å². The highest BCUT2D eigenvalue weighted by molar-refractivity contribution is 5.93. The van der Waals surface area contributed by atoms with Gasteiger partial charge in [0.1, 0.15) is 0 Å². The predicted octanol–water partition coefficient (Wildman–Crippen LogP) is 3.47. The lowest BCUT2D eigenvalue weighted by Gasteiger charge is -2.02. The Morgan fingerprint density at radius 2 is 2.15 bits per heavy atom. The molecule has 0 aliphatic rings. The number of nitro benzene ring substituents is 1. The molecule has 0 atom stereocenters. The summed E-state index contributed by atoms with van der Waals surface area (Å²) in [5, 5.41) is 15.8. The second-order valence-electron chi connectivity index (χ2n) is 4.81. The lowest BCUT2D eigenvalue weighted by Crippen LogP contribution is -2.12. The quantitative estimate of drug-likeness (QED) is 0.475. The molecule has 0 saturated carbocycles. The number of fused-ring (bicyclic) bond motifs is 1. The number of aromatic nitrogens is 2. The number of aryl methyl sites for hydroxylation is 1. The van der Waals surface area contributed by atoms with Crippen molar-refractivity contribution in [2.24, 2.45) is 0 Å². The molecule has 1 aromatic carbocycles. The molecular weight excluding hydrogens is 258 g/mol. The number of rotatable bonds is 5. The molecule has 0 bridgehead atoms. The van der Waals surface area contributed by atoms with Crippen LogP contribution in [0.2, 0.25) is 0 Å². The number of hydrogen-bond donors (Lipinski definition) is 0. The zero-order chi connectivity index (χ0) is 14.7. The van der Waals surface area contributed by atoms with Crippen LogP contribution in [0.3, 0.4) is 0 Å². The van der Waals surface area contributed by atoms with E-state index in [1.54, 1.807) is 13.0 Å². The van der Waals surface area contributed by atoms with Crippen LogP contribution in [-0.4, -0.2) is 20.6 Å². The molecule has 0 amide bonds. The van der Waals surface area contributed by atoms with Crippen molar-refractivity contribution in [2.75, 3.05) is 0 Å². The molecule has 0 fully saturated rings. The maximum Gasteiger partial charge on any atom is 0.271 e. The van der Waals surface area contributed by atoms with Gasteiger partial charge in [-0.2, -0.15) is 9.78 Å². The summed E-state index contributed by atoms with van der Waals surface area (Å²) in [6.45, 7) is 3.87. The van der Waals surface area contributed by atoms with Crippen molar-refractivity contribution < 1.29 is 9.72 Å². The highest BCUT2D eigenvalue weighted by Gasteiger charge is 2.16. The third-order valence-corrected chi connectivity index (χ3v) is 3.29. The fourth-order valence-electron chi connectivity index (χ4n) is 2.19. The Morgan fingerprint density at radius 1 is 1.40 bits per heavy atom. The summed E-state index contributed by atoms with van der Waals surface area (Å²) in [5.74, 6) is -0.114. The number of benzene rings is 1. The van der Waals surface area contributed by atoms with Crippen molar-refractivity contribution in [3.8, 4) is 0 Å². The summed E-state index contributed by atoms with van der Waals surface area (Å²) in [5.41, 5.74) is 1.19. The molecule has 6 nitrogen and oxygen atoms in total. The minimum atomic E-state index is -0.465. The average Bonchev–Trinajstić information content (AvgIpc) is 2.76. The van der Waals surface area contributed by atoms with E-state index in [9.17, 15) is 14.9 Å². The van der Waals surface area contributed by atoms with Gasteiger partial charge in [-0.15, -0.1) is 0 Å². The van der Waals surface area contributed by atoms with Crippen LogP contribution in [0.1, 0.15) is 43.1 Å². The first-order chi connectivity index (χ1) is 9.54. The molecule has 20 heavy (non-hydrogen) atoms. The number of nitrogens with zero attached hydrogens (tertiary/aromatic N) is 3. The summed E-state index contributed by atoms with van der Waals surface area (Å²) >= 11 is 0. The van der Waals surface area contributed by atoms with Gasteiger partial charge in [-0.3, -0.25) is 14.9 Å². The highest BCUT2D eigenvalue weighted by Crippen LogP contribution is 2.23. The van der Waals surface area contributed by atoms with Crippen LogP contribution in [0.25, 0.3) is 10.9 Å². The van der Waals surface area contributed by atoms with Gasteiger partial charge in [-0.05, 0) is 19.4 Å². The zero-order valence-corrected chi connectivity index (χ0v) is 11.6. The van der Waals surface area contributed by atoms with Crippen LogP contribution >= 0.6 is 0 Å². The fourth-order valence-corrected chi connectivity index (χ4v) is 2.19. The van der Waals surface area contributed by atoms with Gasteiger partial charge in [0, 0.05) is 23.9 Å². The van der Waals surface area contributed by atoms with Crippen molar-refractivity contribution >= 4 is 22.5 Å². The van der Waals surface area contributed by atoms with Crippen molar-refractivity contribution in [1.82, 2.24) is 9.78 Å². The first kappa shape index (κ1) is 14.2. The molecule has 0 aliphatic heterocycles. The van der Waals surface area contributed by atoms with Gasteiger partial charge >= 0.3 is 0 Å². The Labute approximate surface area is 116 Å². The van der Waals surface area contributed by atoms with Crippen LogP contribution in [-0.2, 0) is 0 Å². The number of non-ortho nitro benzene ring substituents is 1. The SMILES string of the molecule is CCCCCC(=O)n1nc(C)c2ccc([N+](=O)[O-])cc21. The first-order valence-electron chi connectivity index (χ1n) is 6.71. The molecule has 1 heterocycles. The lowest BCUT2D eigenvalue weighted by molar-refractivity contribution is -0.384. The fraction of sp³-hybridized carbons (Fsp3) is 0.429. The molecule has 2 aromatic rings. The van der Waals surface area contributed by atoms with Crippen molar-refractivity contribution in [2.45, 2.75) is 39.5 Å². The minimum Gasteiger partial charge on any atom is -0.273 e. The largest absolute Gasteiger partial charge is 0.273 e. The molecular formula is C14H17N3O3. The predicted molar refractivity (Wildman–Crippen MR) is 75.9 cm³/mol. The van der Waals surface area contributed by atoms with Gasteiger partial charge in [-0.1, -0.05) is 19.8 Å². The normalized spacial score (nSPS) is 10.9. The Balaban J connectivity index is 2.39. The van der Waals surface area contributed by atoms with E-state index in [4.69, 9.17) is 0 Å². The van der Waals surface area contributed by atoms with E-state index in [-0.39, 0.29) is 11.6 Å². The minimum absolute atomic E-state index is 0.0278. The smallest absolute Gasteiger partial charge is 0.271 e. The molecule has 0 aliphatic carbocycles. The number of carbonyl (C=O) groups excluding carboxylic acids is 1. The lowest BCUT2D eigenvalue weighted by atomic mass is 10.2. The van der Waals surface area contributed by atoms with Crippen LogP contribution < -0.4 is 0 Å². The van der Waals surface area contributed by atoms with Gasteiger partial charge in [0.15, 0.2) is 0 Å². The van der Waals surface area contributed by atoms with E-state index >= 15 is 0 Å². The van der Waals surface area contributed by atoms with Gasteiger partial charge in [0.05, 0.1) is 16.1 Å². The second-order valence-corrected chi connectivity index (χ2v) is 4.81. The maximum absolute atomic E-state index is 12.2. The molecule has 106 valence electrons. The Bertz CT molecular complexity index is 661. The van der Waals surface area contributed by atoms with Crippen LogP contribution in [0.4, 0.5) is 5.69 Å². The Morgan fingerprint density at radius 3 is 2.80 bits per heavy atom. The topological polar surface area (TPSA) is 78.0 Å². The van der Waals surface area contributed by atoms with Gasteiger partial charge in [0.25, 0.3) is 5.69 Å². The summed E-state index contributed by atoms with van der Waals surface area (Å²) in [6, 6.07) is 4.49. The average molecular weight is 275 g/mol. The molecule has 0 saturated heterocycles. The standard InChI is InChI=1S/C14H17N3O3/c1-3-4-5-6-14(18)16-13-9-11(17(19)20)7-8-12(13)10(2)15-16/h7-9H,3-6H2,1-2H3. The number of carbonyl (C=O) groups is 1. The summed E-state index contributed by atoms with van der Waals surface area (Å²) in [6.07, 6.45) is 3.25. The van der Waals surface area contributed by atoms with Gasteiger partial charge in [-0.25, -0.2) is 0 Å². The Hall–Kier alpha value is -2.24. The monoisotopic (exact) mass is 275 g/mol. The van der Waals surface area contributed by atoms with Crippen molar-refractivity contribution in [1.29, 1.82) is 0 Å². The van der Waals surface area contributed by atoms with E-state index in [1.165, 1.54) is 16.8 Å². The summed E-state index contributed by atoms with van der Waals surface area (Å²) < 4.78 is 1.30. The molecule has 0 spiro atoms. The number of unbranched alkanes of at least 4 members (excludes halogenated alkanes) is 2. The van der Waals surface area contributed by atoms with Crippen molar-refractivity contribution in [3.05, 3.63) is 34.0 Å². The molecule has 0 N–H and O–H groups in total. The second kappa shape index (κ2) is 5.81. The zero-order valence-electron chi connectivity index (χ0n) is 11.6.